The van der Waals surface area contributed by atoms with E-state index in [1.807, 2.05) is 12.1 Å². The van der Waals surface area contributed by atoms with Crippen LogP contribution in [0.1, 0.15) is 39.2 Å². The summed E-state index contributed by atoms with van der Waals surface area (Å²) in [6.45, 7) is 7.65. The third-order valence-electron chi connectivity index (χ3n) is 4.55. The summed E-state index contributed by atoms with van der Waals surface area (Å²) in [5.41, 5.74) is 1.79. The number of fused-ring (bicyclic) bond motifs is 1. The van der Waals surface area contributed by atoms with E-state index in [0.717, 1.165) is 29.8 Å². The molecule has 1 aromatic carbocycles. The summed E-state index contributed by atoms with van der Waals surface area (Å²) in [6.07, 6.45) is 2.09. The first kappa shape index (κ1) is 17.6. The summed E-state index contributed by atoms with van der Waals surface area (Å²) in [6, 6.07) is 3.76. The summed E-state index contributed by atoms with van der Waals surface area (Å²) in [7, 11) is 0. The molecule has 136 valence electrons. The van der Waals surface area contributed by atoms with Gasteiger partial charge in [-0.1, -0.05) is 27.2 Å². The first-order chi connectivity index (χ1) is 12.0. The summed E-state index contributed by atoms with van der Waals surface area (Å²) in [5.74, 6) is 1.44. The molecule has 1 unspecified atom stereocenters. The number of hydrogen-bond donors (Lipinski definition) is 1. The molecular formula is C19H26N2O4. The van der Waals surface area contributed by atoms with Gasteiger partial charge in [-0.15, -0.1) is 0 Å². The van der Waals surface area contributed by atoms with Crippen LogP contribution >= 0.6 is 0 Å². The molecule has 0 spiro atoms. The Bertz CT molecular complexity index is 672. The van der Waals surface area contributed by atoms with Gasteiger partial charge in [0.1, 0.15) is 0 Å². The number of rotatable bonds is 6. The lowest BCUT2D eigenvalue weighted by Gasteiger charge is -2.19. The molecule has 6 nitrogen and oxygen atoms in total. The molecule has 1 N–H and O–H groups in total. The van der Waals surface area contributed by atoms with E-state index < -0.39 is 0 Å². The number of likely N-dealkylation sites (tertiary alicyclic amines) is 1. The van der Waals surface area contributed by atoms with Crippen LogP contribution in [0.3, 0.4) is 0 Å². The summed E-state index contributed by atoms with van der Waals surface area (Å²) in [5, 5.41) is 3.01. The molecule has 2 aliphatic rings. The summed E-state index contributed by atoms with van der Waals surface area (Å²) >= 11 is 0. The van der Waals surface area contributed by atoms with Gasteiger partial charge >= 0.3 is 0 Å². The molecule has 0 bridgehead atoms. The van der Waals surface area contributed by atoms with Gasteiger partial charge in [0, 0.05) is 31.3 Å². The molecule has 6 heteroatoms. The number of carbonyl (C=O) groups is 2. The third-order valence-corrected chi connectivity index (χ3v) is 4.55. The highest BCUT2D eigenvalue weighted by atomic mass is 16.7. The highest BCUT2D eigenvalue weighted by molar-refractivity contribution is 5.98. The number of benzene rings is 1. The van der Waals surface area contributed by atoms with Crippen molar-refractivity contribution >= 4 is 17.5 Å². The van der Waals surface area contributed by atoms with Crippen LogP contribution in [0.25, 0.3) is 0 Å². The lowest BCUT2D eigenvalue weighted by molar-refractivity contribution is -0.128. The van der Waals surface area contributed by atoms with Crippen molar-refractivity contribution in [3.05, 3.63) is 17.7 Å². The SMILES string of the molecule is CCCc1cc2c(cc1NC(=O)C1CC(=O)N(CC(C)C)C1)OCO2. The van der Waals surface area contributed by atoms with E-state index in [1.165, 1.54) is 0 Å². The number of carbonyl (C=O) groups excluding carboxylic acids is 2. The molecule has 2 amide bonds. The average Bonchev–Trinajstić information content (AvgIpc) is 3.14. The zero-order chi connectivity index (χ0) is 18.0. The molecule has 0 radical (unpaired) electrons. The molecule has 0 aromatic heterocycles. The first-order valence-electron chi connectivity index (χ1n) is 8.99. The second-order valence-electron chi connectivity index (χ2n) is 7.20. The predicted molar refractivity (Wildman–Crippen MR) is 94.7 cm³/mol. The Balaban J connectivity index is 1.72. The van der Waals surface area contributed by atoms with Crippen LogP contribution in [-0.4, -0.2) is 36.6 Å². The Kier molecular flexibility index (Phi) is 5.16. The van der Waals surface area contributed by atoms with Gasteiger partial charge < -0.3 is 19.7 Å². The average molecular weight is 346 g/mol. The van der Waals surface area contributed by atoms with Crippen molar-refractivity contribution in [1.82, 2.24) is 4.90 Å². The van der Waals surface area contributed by atoms with E-state index in [4.69, 9.17) is 9.47 Å². The van der Waals surface area contributed by atoms with Gasteiger partial charge in [-0.05, 0) is 24.0 Å². The van der Waals surface area contributed by atoms with E-state index in [2.05, 4.69) is 26.1 Å². The van der Waals surface area contributed by atoms with Crippen LogP contribution in [0.4, 0.5) is 5.69 Å². The van der Waals surface area contributed by atoms with E-state index in [9.17, 15) is 9.59 Å². The van der Waals surface area contributed by atoms with Gasteiger partial charge in [0.15, 0.2) is 11.5 Å². The Morgan fingerprint density at radius 2 is 2.04 bits per heavy atom. The van der Waals surface area contributed by atoms with Crippen LogP contribution in [0.5, 0.6) is 11.5 Å². The Hall–Kier alpha value is -2.24. The van der Waals surface area contributed by atoms with Crippen LogP contribution in [0.2, 0.25) is 0 Å². The van der Waals surface area contributed by atoms with E-state index in [0.29, 0.717) is 24.8 Å². The maximum Gasteiger partial charge on any atom is 0.231 e. The lowest BCUT2D eigenvalue weighted by Crippen LogP contribution is -2.31. The Morgan fingerprint density at radius 1 is 1.32 bits per heavy atom. The lowest BCUT2D eigenvalue weighted by atomic mass is 10.0. The fraction of sp³-hybridized carbons (Fsp3) is 0.579. The highest BCUT2D eigenvalue weighted by Gasteiger charge is 2.34. The minimum atomic E-state index is -0.300. The molecule has 1 aromatic rings. The number of aryl methyl sites for hydroxylation is 1. The number of amides is 2. The zero-order valence-electron chi connectivity index (χ0n) is 15.1. The molecule has 2 aliphatic heterocycles. The van der Waals surface area contributed by atoms with Crippen LogP contribution in [0, 0.1) is 11.8 Å². The molecule has 1 saturated heterocycles. The van der Waals surface area contributed by atoms with Crippen molar-refractivity contribution in [2.24, 2.45) is 11.8 Å². The standard InChI is InChI=1S/C19H26N2O4/c1-4-5-13-6-16-17(25-11-24-16)8-15(13)20-19(23)14-7-18(22)21(10-14)9-12(2)3/h6,8,12,14H,4-5,7,9-11H2,1-3H3,(H,20,23). The van der Waals surface area contributed by atoms with Crippen LogP contribution in [-0.2, 0) is 16.0 Å². The molecule has 1 atom stereocenters. The fourth-order valence-electron chi connectivity index (χ4n) is 3.38. The smallest absolute Gasteiger partial charge is 0.231 e. The molecule has 2 heterocycles. The second-order valence-corrected chi connectivity index (χ2v) is 7.20. The number of nitrogens with zero attached hydrogens (tertiary/aromatic N) is 1. The molecule has 25 heavy (non-hydrogen) atoms. The maximum atomic E-state index is 12.7. The number of hydrogen-bond acceptors (Lipinski definition) is 4. The molecular weight excluding hydrogens is 320 g/mol. The van der Waals surface area contributed by atoms with E-state index >= 15 is 0 Å². The quantitative estimate of drug-likeness (QED) is 0.860. The van der Waals surface area contributed by atoms with Crippen LogP contribution in [0.15, 0.2) is 12.1 Å². The normalized spacial score (nSPS) is 19.0. The minimum Gasteiger partial charge on any atom is -0.454 e. The Labute approximate surface area is 148 Å². The van der Waals surface area contributed by atoms with Crippen LogP contribution < -0.4 is 14.8 Å². The van der Waals surface area contributed by atoms with Gasteiger partial charge in [0.25, 0.3) is 0 Å². The largest absolute Gasteiger partial charge is 0.454 e. The number of nitrogens with one attached hydrogen (secondary N) is 1. The summed E-state index contributed by atoms with van der Waals surface area (Å²) < 4.78 is 10.8. The van der Waals surface area contributed by atoms with Crippen molar-refractivity contribution in [3.8, 4) is 11.5 Å². The zero-order valence-corrected chi connectivity index (χ0v) is 15.1. The van der Waals surface area contributed by atoms with Gasteiger partial charge in [0.2, 0.25) is 18.6 Å². The van der Waals surface area contributed by atoms with Crippen molar-refractivity contribution < 1.29 is 19.1 Å². The van der Waals surface area contributed by atoms with Gasteiger partial charge in [-0.25, -0.2) is 0 Å². The topological polar surface area (TPSA) is 67.9 Å². The van der Waals surface area contributed by atoms with Gasteiger partial charge in [0.05, 0.1) is 5.92 Å². The fourth-order valence-corrected chi connectivity index (χ4v) is 3.38. The number of anilines is 1. The molecule has 1 fully saturated rings. The van der Waals surface area contributed by atoms with Crippen molar-refractivity contribution in [3.63, 3.8) is 0 Å². The highest BCUT2D eigenvalue weighted by Crippen LogP contribution is 2.38. The maximum absolute atomic E-state index is 12.7. The second kappa shape index (κ2) is 7.33. The van der Waals surface area contributed by atoms with E-state index in [1.54, 1.807) is 4.90 Å². The molecule has 0 saturated carbocycles. The van der Waals surface area contributed by atoms with Gasteiger partial charge in [-0.2, -0.15) is 0 Å². The number of ether oxygens (including phenoxy) is 2. The molecule has 0 aliphatic carbocycles. The summed E-state index contributed by atoms with van der Waals surface area (Å²) in [4.78, 5) is 26.6. The third kappa shape index (κ3) is 3.89. The first-order valence-corrected chi connectivity index (χ1v) is 8.99. The van der Waals surface area contributed by atoms with Crippen molar-refractivity contribution in [1.29, 1.82) is 0 Å². The molecule has 3 rings (SSSR count). The predicted octanol–water partition coefficient (Wildman–Crippen LogP) is 2.81. The monoisotopic (exact) mass is 346 g/mol. The van der Waals surface area contributed by atoms with Gasteiger partial charge in [-0.3, -0.25) is 9.59 Å². The Morgan fingerprint density at radius 3 is 2.72 bits per heavy atom. The van der Waals surface area contributed by atoms with Crippen molar-refractivity contribution in [2.75, 3.05) is 25.2 Å². The minimum absolute atomic E-state index is 0.0633. The van der Waals surface area contributed by atoms with E-state index in [-0.39, 0.29) is 30.9 Å². The van der Waals surface area contributed by atoms with Crippen molar-refractivity contribution in [2.45, 2.75) is 40.0 Å².